The zero-order valence-corrected chi connectivity index (χ0v) is 8.93. The molecular weight excluding hydrogens is 228 g/mol. The molecule has 0 spiro atoms. The second-order valence-corrected chi connectivity index (χ2v) is 3.56. The zero-order valence-electron chi connectivity index (χ0n) is 6.54. The normalized spacial score (nSPS) is 9.62. The average molecular weight is 234 g/mol. The van der Waals surface area contributed by atoms with Crippen LogP contribution >= 0.6 is 35.2 Å². The number of hydrogen-bond donors (Lipinski definition) is 1. The van der Waals surface area contributed by atoms with E-state index in [9.17, 15) is 4.79 Å². The molecule has 69 valence electrons. The van der Waals surface area contributed by atoms with E-state index < -0.39 is 0 Å². The summed E-state index contributed by atoms with van der Waals surface area (Å²) in [4.78, 5) is 14.9. The Bertz CT molecular complexity index is 313. The Morgan fingerprint density at radius 1 is 1.85 bits per heavy atom. The van der Waals surface area contributed by atoms with Crippen molar-refractivity contribution >= 4 is 51.6 Å². The van der Waals surface area contributed by atoms with Crippen molar-refractivity contribution in [2.45, 2.75) is 6.42 Å². The molecule has 13 heavy (non-hydrogen) atoms. The van der Waals surface area contributed by atoms with Crippen LogP contribution in [0.4, 0.5) is 5.13 Å². The predicted molar refractivity (Wildman–Crippen MR) is 57.8 cm³/mol. The molecule has 0 unspecified atom stereocenters. The molecule has 0 atom stereocenters. The number of halogens is 1. The van der Waals surface area contributed by atoms with Gasteiger partial charge in [-0.15, -0.1) is 22.9 Å². The molecule has 0 bridgehead atoms. The van der Waals surface area contributed by atoms with Crippen LogP contribution in [0.3, 0.4) is 0 Å². The Morgan fingerprint density at radius 2 is 2.62 bits per heavy atom. The van der Waals surface area contributed by atoms with E-state index in [0.717, 1.165) is 5.69 Å². The highest BCUT2D eigenvalue weighted by Gasteiger charge is 2.04. The van der Waals surface area contributed by atoms with Crippen molar-refractivity contribution in [1.29, 1.82) is 0 Å². The summed E-state index contributed by atoms with van der Waals surface area (Å²) in [7, 11) is 0. The van der Waals surface area contributed by atoms with Crippen LogP contribution in [0, 0.1) is 0 Å². The third kappa shape index (κ3) is 3.38. The molecule has 6 heteroatoms. The minimum Gasteiger partial charge on any atom is -0.301 e. The molecule has 0 aliphatic carbocycles. The van der Waals surface area contributed by atoms with Gasteiger partial charge in [-0.3, -0.25) is 4.79 Å². The van der Waals surface area contributed by atoms with Gasteiger partial charge in [0, 0.05) is 17.2 Å². The quantitative estimate of drug-likeness (QED) is 0.636. The number of nitrogens with one attached hydrogen (secondary N) is 1. The number of alkyl halides is 1. The fourth-order valence-corrected chi connectivity index (χ4v) is 1.61. The number of hydrogen-bond acceptors (Lipinski definition) is 4. The molecule has 0 saturated heterocycles. The van der Waals surface area contributed by atoms with E-state index in [1.165, 1.54) is 11.3 Å². The van der Waals surface area contributed by atoms with Gasteiger partial charge in [0.25, 0.3) is 0 Å². The van der Waals surface area contributed by atoms with Gasteiger partial charge < -0.3 is 5.32 Å². The summed E-state index contributed by atoms with van der Waals surface area (Å²) in [6.45, 7) is 0. The maximum Gasteiger partial charge on any atom is 0.241 e. The smallest absolute Gasteiger partial charge is 0.241 e. The molecule has 1 aromatic rings. The maximum absolute atomic E-state index is 10.8. The molecule has 0 saturated carbocycles. The molecule has 0 aliphatic heterocycles. The van der Waals surface area contributed by atoms with Gasteiger partial charge in [-0.05, 0) is 0 Å². The highest BCUT2D eigenvalue weighted by Crippen LogP contribution is 2.15. The van der Waals surface area contributed by atoms with E-state index in [-0.39, 0.29) is 11.8 Å². The van der Waals surface area contributed by atoms with Crippen molar-refractivity contribution < 1.29 is 4.79 Å². The van der Waals surface area contributed by atoms with Crippen LogP contribution < -0.4 is 5.32 Å². The van der Waals surface area contributed by atoms with Crippen molar-refractivity contribution in [3.05, 3.63) is 11.1 Å². The van der Waals surface area contributed by atoms with E-state index in [1.807, 2.05) is 5.38 Å². The molecule has 1 aromatic heterocycles. The number of anilines is 1. The predicted octanol–water partition coefficient (Wildman–Crippen LogP) is 1.74. The van der Waals surface area contributed by atoms with Gasteiger partial charge in [0.05, 0.1) is 5.69 Å². The largest absolute Gasteiger partial charge is 0.301 e. The summed E-state index contributed by atoms with van der Waals surface area (Å²) < 4.78 is 0. The average Bonchev–Trinajstić information content (AvgIpc) is 2.53. The molecule has 3 nitrogen and oxygen atoms in total. The first-order chi connectivity index (χ1) is 6.26. The van der Waals surface area contributed by atoms with Gasteiger partial charge in [0.1, 0.15) is 5.88 Å². The topological polar surface area (TPSA) is 42.0 Å². The number of aromatic nitrogens is 1. The van der Waals surface area contributed by atoms with Gasteiger partial charge in [-0.1, -0.05) is 12.2 Å². The van der Waals surface area contributed by atoms with Crippen LogP contribution in [0.1, 0.15) is 5.69 Å². The molecule has 0 fully saturated rings. The van der Waals surface area contributed by atoms with Gasteiger partial charge in [0.2, 0.25) is 5.91 Å². The van der Waals surface area contributed by atoms with Crippen LogP contribution in [-0.2, 0) is 11.2 Å². The van der Waals surface area contributed by atoms with Gasteiger partial charge >= 0.3 is 0 Å². The van der Waals surface area contributed by atoms with Crippen LogP contribution in [0.25, 0.3) is 0 Å². The van der Waals surface area contributed by atoms with Crippen molar-refractivity contribution in [1.82, 2.24) is 4.98 Å². The van der Waals surface area contributed by atoms with Crippen molar-refractivity contribution in [3.63, 3.8) is 0 Å². The Balaban J connectivity index is 2.58. The highest BCUT2D eigenvalue weighted by molar-refractivity contribution is 7.79. The summed E-state index contributed by atoms with van der Waals surface area (Å²) in [5.41, 5.74) is 0.810. The fraction of sp³-hybridized carbons (Fsp3) is 0.286. The molecule has 1 amide bonds. The number of nitrogens with zero attached hydrogens (tertiary/aromatic N) is 1. The van der Waals surface area contributed by atoms with Gasteiger partial charge in [-0.25, -0.2) is 4.98 Å². The number of thiazole rings is 1. The Labute approximate surface area is 90.1 Å². The third-order valence-corrected chi connectivity index (χ3v) is 2.37. The van der Waals surface area contributed by atoms with E-state index in [4.69, 9.17) is 11.6 Å². The van der Waals surface area contributed by atoms with Crippen LogP contribution in [0.2, 0.25) is 0 Å². The molecule has 1 rings (SSSR count). The van der Waals surface area contributed by atoms with Crippen LogP contribution in [0.15, 0.2) is 5.38 Å². The summed E-state index contributed by atoms with van der Waals surface area (Å²) in [6, 6.07) is 0. The second kappa shape index (κ2) is 5.26. The van der Waals surface area contributed by atoms with Crippen LogP contribution in [-0.4, -0.2) is 22.1 Å². The molecule has 0 aliphatic rings. The van der Waals surface area contributed by atoms with Gasteiger partial charge in [0.15, 0.2) is 5.13 Å². The second-order valence-electron chi connectivity index (χ2n) is 2.15. The summed E-state index contributed by atoms with van der Waals surface area (Å²) in [6.07, 6.45) is 0.516. The first-order valence-corrected chi connectivity index (χ1v) is 5.23. The Kier molecular flexibility index (Phi) is 4.27. The van der Waals surface area contributed by atoms with Crippen molar-refractivity contribution in [2.75, 3.05) is 11.2 Å². The zero-order chi connectivity index (χ0) is 9.68. The van der Waals surface area contributed by atoms with E-state index in [1.54, 1.807) is 0 Å². The van der Waals surface area contributed by atoms with E-state index in [2.05, 4.69) is 27.9 Å². The number of carbonyl (C=O) groups is 1. The lowest BCUT2D eigenvalue weighted by molar-refractivity contribution is -0.113. The lowest BCUT2D eigenvalue weighted by Crippen LogP contribution is -2.12. The number of thiocarbonyl (C=S) groups is 1. The van der Waals surface area contributed by atoms with E-state index >= 15 is 0 Å². The molecule has 0 aromatic carbocycles. The van der Waals surface area contributed by atoms with Crippen LogP contribution in [0.5, 0.6) is 0 Å². The number of rotatable bonds is 4. The molecule has 1 heterocycles. The first-order valence-electron chi connectivity index (χ1n) is 3.41. The SMILES string of the molecule is O=C(CCl)Nc1nc(C[C]=S)cs1. The first kappa shape index (κ1) is 10.6. The fourth-order valence-electron chi connectivity index (χ4n) is 0.672. The van der Waals surface area contributed by atoms with E-state index in [0.29, 0.717) is 11.6 Å². The Morgan fingerprint density at radius 3 is 3.23 bits per heavy atom. The standard InChI is InChI=1S/C7H6ClN2OS2/c8-3-6(11)10-7-9-5(1-2-12)4-13-7/h4H,1,3H2,(H,9,10,11). The number of amides is 1. The maximum atomic E-state index is 10.8. The summed E-state index contributed by atoms with van der Waals surface area (Å²) >= 11 is 11.2. The lowest BCUT2D eigenvalue weighted by Gasteiger charge is -1.94. The Hall–Kier alpha value is -0.520. The highest BCUT2D eigenvalue weighted by atomic mass is 35.5. The lowest BCUT2D eigenvalue weighted by atomic mass is 10.4. The van der Waals surface area contributed by atoms with Crippen molar-refractivity contribution in [2.24, 2.45) is 0 Å². The summed E-state index contributed by atoms with van der Waals surface area (Å²) in [5, 5.41) is 7.47. The third-order valence-electron chi connectivity index (χ3n) is 1.17. The minimum absolute atomic E-state index is 0.0613. The monoisotopic (exact) mass is 233 g/mol. The number of carbonyl (C=O) groups excluding carboxylic acids is 1. The van der Waals surface area contributed by atoms with Gasteiger partial charge in [-0.2, -0.15) is 0 Å². The summed E-state index contributed by atoms with van der Waals surface area (Å²) in [5.74, 6) is -0.317. The molecule has 1 N–H and O–H groups in total. The van der Waals surface area contributed by atoms with Crippen molar-refractivity contribution in [3.8, 4) is 0 Å². The molecular formula is C7H6ClN2OS2. The molecule has 1 radical (unpaired) electrons. The minimum atomic E-state index is -0.256.